The van der Waals surface area contributed by atoms with E-state index in [1.54, 1.807) is 13.2 Å². The fourth-order valence-corrected chi connectivity index (χ4v) is 0.468. The Morgan fingerprint density at radius 3 is 2.75 bits per heavy atom. The van der Waals surface area contributed by atoms with E-state index in [0.717, 1.165) is 5.75 Å². The minimum absolute atomic E-state index is 0.627. The summed E-state index contributed by atoms with van der Waals surface area (Å²) >= 11 is 0. The molecule has 43 valence electrons. The third-order valence-electron chi connectivity index (χ3n) is 0.865. The lowest BCUT2D eigenvalue weighted by molar-refractivity contribution is 0.405. The van der Waals surface area contributed by atoms with Gasteiger partial charge in [-0.3, -0.25) is 0 Å². The zero-order valence-corrected chi connectivity index (χ0v) is 4.68. The Morgan fingerprint density at radius 2 is 2.50 bits per heavy atom. The summed E-state index contributed by atoms with van der Waals surface area (Å²) in [5.41, 5.74) is 0. The molecule has 1 aromatic heterocycles. The average molecular weight is 111 g/mol. The monoisotopic (exact) mass is 111 g/mol. The van der Waals surface area contributed by atoms with Gasteiger partial charge >= 0.3 is 0 Å². The van der Waals surface area contributed by atoms with Crippen molar-refractivity contribution in [1.29, 1.82) is 0 Å². The summed E-state index contributed by atoms with van der Waals surface area (Å²) < 4.78 is 9.62. The molecule has 1 heterocycles. The van der Waals surface area contributed by atoms with Crippen molar-refractivity contribution in [3.05, 3.63) is 25.0 Å². The van der Waals surface area contributed by atoms with Crippen LogP contribution in [0.3, 0.4) is 0 Å². The molecule has 0 aliphatic carbocycles. The first-order valence-corrected chi connectivity index (χ1v) is 2.27. The molecule has 2 heteroatoms. The second-order valence-electron chi connectivity index (χ2n) is 1.45. The zero-order chi connectivity index (χ0) is 5.98. The van der Waals surface area contributed by atoms with E-state index < -0.39 is 0 Å². The topological polar surface area (TPSA) is 22.4 Å². The number of furan rings is 1. The number of hydrogen-bond donors (Lipinski definition) is 0. The highest BCUT2D eigenvalue weighted by atomic mass is 16.5. The van der Waals surface area contributed by atoms with Gasteiger partial charge in [0.1, 0.15) is 12.0 Å². The van der Waals surface area contributed by atoms with Gasteiger partial charge in [0.05, 0.1) is 7.11 Å². The predicted octanol–water partition coefficient (Wildman–Crippen LogP) is 1.47. The molecule has 0 fully saturated rings. The zero-order valence-electron chi connectivity index (χ0n) is 4.68. The first kappa shape index (κ1) is 5.22. The van der Waals surface area contributed by atoms with Crippen LogP contribution in [-0.4, -0.2) is 7.11 Å². The van der Waals surface area contributed by atoms with E-state index in [1.165, 1.54) is 6.26 Å². The van der Waals surface area contributed by atoms with E-state index in [0.29, 0.717) is 5.76 Å². The third-order valence-corrected chi connectivity index (χ3v) is 0.865. The number of hydrogen-bond acceptors (Lipinski definition) is 2. The Hall–Kier alpha value is -0.920. The number of rotatable bonds is 1. The van der Waals surface area contributed by atoms with Gasteiger partial charge < -0.3 is 9.15 Å². The van der Waals surface area contributed by atoms with Crippen LogP contribution in [-0.2, 0) is 0 Å². The summed E-state index contributed by atoms with van der Waals surface area (Å²) in [7, 11) is 1.59. The Kier molecular flexibility index (Phi) is 1.24. The van der Waals surface area contributed by atoms with Crippen molar-refractivity contribution in [3.8, 4) is 5.75 Å². The van der Waals surface area contributed by atoms with E-state index in [4.69, 9.17) is 9.15 Å². The van der Waals surface area contributed by atoms with Gasteiger partial charge in [-0.1, -0.05) is 0 Å². The highest BCUT2D eigenvalue weighted by Crippen LogP contribution is 2.12. The van der Waals surface area contributed by atoms with Gasteiger partial charge in [-0.25, -0.2) is 0 Å². The molecule has 0 bridgehead atoms. The van der Waals surface area contributed by atoms with Crippen molar-refractivity contribution in [2.45, 2.75) is 0 Å². The van der Waals surface area contributed by atoms with Crippen molar-refractivity contribution < 1.29 is 9.15 Å². The van der Waals surface area contributed by atoms with Gasteiger partial charge in [0.2, 0.25) is 0 Å². The van der Waals surface area contributed by atoms with Crippen molar-refractivity contribution in [2.75, 3.05) is 7.11 Å². The summed E-state index contributed by atoms with van der Waals surface area (Å²) in [4.78, 5) is 0. The van der Waals surface area contributed by atoms with Gasteiger partial charge in [-0.2, -0.15) is 0 Å². The van der Waals surface area contributed by atoms with Gasteiger partial charge in [-0.05, 0) is 0 Å². The van der Waals surface area contributed by atoms with Crippen LogP contribution in [0.25, 0.3) is 0 Å². The molecule has 2 nitrogen and oxygen atoms in total. The second-order valence-corrected chi connectivity index (χ2v) is 1.45. The molecule has 0 N–H and O–H groups in total. The first-order chi connectivity index (χ1) is 3.83. The van der Waals surface area contributed by atoms with Crippen LogP contribution in [0.15, 0.2) is 16.7 Å². The first-order valence-electron chi connectivity index (χ1n) is 2.27. The normalized spacial score (nSPS) is 9.25. The van der Waals surface area contributed by atoms with Gasteiger partial charge in [-0.15, -0.1) is 0 Å². The standard InChI is InChI=1S/C6H7O2/c1-5-3-6(7-2)4-8-5/h3-4H,1H2,2H3. The molecule has 0 saturated heterocycles. The van der Waals surface area contributed by atoms with E-state index in [1.807, 2.05) is 0 Å². The van der Waals surface area contributed by atoms with Crippen LogP contribution in [0.2, 0.25) is 0 Å². The third kappa shape index (κ3) is 0.832. The fraction of sp³-hybridized carbons (Fsp3) is 0.167. The van der Waals surface area contributed by atoms with E-state index >= 15 is 0 Å². The Bertz CT molecular complexity index is 167. The van der Waals surface area contributed by atoms with Gasteiger partial charge in [0.15, 0.2) is 5.75 Å². The lowest BCUT2D eigenvalue weighted by Gasteiger charge is -1.85. The molecule has 0 spiro atoms. The molecule has 0 aromatic carbocycles. The Balaban J connectivity index is 2.84. The minimum Gasteiger partial charge on any atom is -0.493 e. The molecule has 0 aliphatic rings. The molecule has 1 aromatic rings. The van der Waals surface area contributed by atoms with Crippen molar-refractivity contribution in [2.24, 2.45) is 0 Å². The lowest BCUT2D eigenvalue weighted by atomic mass is 10.5. The van der Waals surface area contributed by atoms with E-state index in [-0.39, 0.29) is 0 Å². The SMILES string of the molecule is [CH2]c1cc(OC)co1. The quantitative estimate of drug-likeness (QED) is 0.547. The molecular formula is C6H7O2. The Morgan fingerprint density at radius 1 is 1.75 bits per heavy atom. The van der Waals surface area contributed by atoms with Crippen molar-refractivity contribution in [3.63, 3.8) is 0 Å². The molecule has 0 atom stereocenters. The minimum atomic E-state index is 0.627. The van der Waals surface area contributed by atoms with Crippen LogP contribution in [0.1, 0.15) is 5.76 Å². The number of methoxy groups -OCH3 is 1. The molecule has 0 amide bonds. The van der Waals surface area contributed by atoms with Crippen LogP contribution in [0.5, 0.6) is 5.75 Å². The lowest BCUT2D eigenvalue weighted by Crippen LogP contribution is -1.75. The summed E-state index contributed by atoms with van der Waals surface area (Å²) in [6.07, 6.45) is 1.52. The van der Waals surface area contributed by atoms with E-state index in [9.17, 15) is 0 Å². The second kappa shape index (κ2) is 1.90. The largest absolute Gasteiger partial charge is 0.493 e. The smallest absolute Gasteiger partial charge is 0.157 e. The Labute approximate surface area is 48.1 Å². The van der Waals surface area contributed by atoms with Crippen LogP contribution < -0.4 is 4.74 Å². The molecule has 0 saturated carbocycles. The summed E-state index contributed by atoms with van der Waals surface area (Å²) in [5.74, 6) is 1.34. The maximum atomic E-state index is 4.82. The molecule has 1 rings (SSSR count). The predicted molar refractivity (Wildman–Crippen MR) is 29.7 cm³/mol. The molecule has 8 heavy (non-hydrogen) atoms. The summed E-state index contributed by atoms with van der Waals surface area (Å²) in [6.45, 7) is 3.54. The van der Waals surface area contributed by atoms with Crippen molar-refractivity contribution >= 4 is 0 Å². The van der Waals surface area contributed by atoms with Crippen LogP contribution >= 0.6 is 0 Å². The van der Waals surface area contributed by atoms with Crippen LogP contribution in [0.4, 0.5) is 0 Å². The molecule has 0 aliphatic heterocycles. The molecule has 0 unspecified atom stereocenters. The fourth-order valence-electron chi connectivity index (χ4n) is 0.468. The van der Waals surface area contributed by atoms with Crippen molar-refractivity contribution in [1.82, 2.24) is 0 Å². The van der Waals surface area contributed by atoms with Gasteiger partial charge in [0, 0.05) is 13.0 Å². The summed E-state index contributed by atoms with van der Waals surface area (Å²) in [5, 5.41) is 0. The van der Waals surface area contributed by atoms with Gasteiger partial charge in [0.25, 0.3) is 0 Å². The number of ether oxygens (including phenoxy) is 1. The highest BCUT2D eigenvalue weighted by molar-refractivity contribution is 5.20. The summed E-state index contributed by atoms with van der Waals surface area (Å²) in [6, 6.07) is 1.72. The molecule has 1 radical (unpaired) electrons. The maximum Gasteiger partial charge on any atom is 0.157 e. The van der Waals surface area contributed by atoms with Crippen LogP contribution in [0, 0.1) is 6.92 Å². The maximum absolute atomic E-state index is 4.82. The van der Waals surface area contributed by atoms with E-state index in [2.05, 4.69) is 6.92 Å². The average Bonchev–Trinajstić information content (AvgIpc) is 2.14. The highest BCUT2D eigenvalue weighted by Gasteiger charge is 1.92. The molecular weight excluding hydrogens is 104 g/mol.